The van der Waals surface area contributed by atoms with Crippen molar-refractivity contribution in [2.24, 2.45) is 0 Å². The minimum atomic E-state index is 0.0319. The molecule has 0 aliphatic heterocycles. The number of carbonyl (C=O) groups is 1. The van der Waals surface area contributed by atoms with Gasteiger partial charge in [-0.3, -0.25) is 4.79 Å². The first kappa shape index (κ1) is 20.8. The van der Waals surface area contributed by atoms with E-state index in [9.17, 15) is 4.79 Å². The molecule has 1 nitrogen and oxygen atoms in total. The molecule has 0 aliphatic rings. The standard InChI is InChI=1S/C15H12O.C14H12/c16-15(14-9-5-2-6-10-14)12-11-13-7-3-1-4-8-13;1-3-7-13(8-4-1)11-12-14-9-5-2-6-10-14/h1-12H;1-12H. The highest BCUT2D eigenvalue weighted by molar-refractivity contribution is 6.06. The lowest BCUT2D eigenvalue weighted by Crippen LogP contribution is -1.92. The van der Waals surface area contributed by atoms with Gasteiger partial charge in [-0.1, -0.05) is 140 Å². The van der Waals surface area contributed by atoms with E-state index in [2.05, 4.69) is 36.4 Å². The molecule has 0 radical (unpaired) electrons. The molecule has 0 aliphatic carbocycles. The molecule has 146 valence electrons. The zero-order valence-corrected chi connectivity index (χ0v) is 16.8. The molecule has 0 aromatic heterocycles. The summed E-state index contributed by atoms with van der Waals surface area (Å²) in [5, 5.41) is 0. The Morgan fingerprint density at radius 1 is 0.433 bits per heavy atom. The fraction of sp³-hybridized carbons (Fsp3) is 0. The molecule has 4 rings (SSSR count). The lowest BCUT2D eigenvalue weighted by atomic mass is 10.1. The lowest BCUT2D eigenvalue weighted by Gasteiger charge is -1.94. The maximum atomic E-state index is 11.7. The molecule has 0 spiro atoms. The number of allylic oxidation sites excluding steroid dienone is 1. The van der Waals surface area contributed by atoms with Crippen LogP contribution in [0.1, 0.15) is 27.0 Å². The topological polar surface area (TPSA) is 17.1 Å². The number of rotatable bonds is 5. The fourth-order valence-corrected chi connectivity index (χ4v) is 2.76. The molecule has 0 bridgehead atoms. The molecule has 30 heavy (non-hydrogen) atoms. The third kappa shape index (κ3) is 7.21. The van der Waals surface area contributed by atoms with Gasteiger partial charge in [0.2, 0.25) is 0 Å². The third-order valence-electron chi connectivity index (χ3n) is 4.35. The van der Waals surface area contributed by atoms with Crippen LogP contribution < -0.4 is 0 Å². The average molecular weight is 389 g/mol. The Bertz CT molecular complexity index is 1020. The van der Waals surface area contributed by atoms with Crippen LogP contribution in [0.15, 0.2) is 127 Å². The number of ketones is 1. The molecule has 0 saturated carbocycles. The van der Waals surface area contributed by atoms with Crippen LogP contribution in [0.5, 0.6) is 0 Å². The van der Waals surface area contributed by atoms with E-state index in [1.54, 1.807) is 6.08 Å². The third-order valence-corrected chi connectivity index (χ3v) is 4.35. The normalized spacial score (nSPS) is 10.5. The minimum absolute atomic E-state index is 0.0319. The summed E-state index contributed by atoms with van der Waals surface area (Å²) in [6.45, 7) is 0. The van der Waals surface area contributed by atoms with Crippen LogP contribution in [0, 0.1) is 0 Å². The number of carbonyl (C=O) groups excluding carboxylic acids is 1. The van der Waals surface area contributed by atoms with Crippen LogP contribution in [-0.2, 0) is 0 Å². The average Bonchev–Trinajstić information content (AvgIpc) is 2.84. The van der Waals surface area contributed by atoms with Crippen molar-refractivity contribution >= 4 is 24.0 Å². The Morgan fingerprint density at radius 2 is 0.767 bits per heavy atom. The second kappa shape index (κ2) is 11.8. The van der Waals surface area contributed by atoms with Gasteiger partial charge in [0.05, 0.1) is 0 Å². The van der Waals surface area contributed by atoms with Crippen LogP contribution in [0.3, 0.4) is 0 Å². The predicted molar refractivity (Wildman–Crippen MR) is 128 cm³/mol. The molecule has 4 aromatic rings. The van der Waals surface area contributed by atoms with Crippen molar-refractivity contribution in [2.75, 3.05) is 0 Å². The van der Waals surface area contributed by atoms with Gasteiger partial charge in [0.15, 0.2) is 5.78 Å². The Labute approximate surface area is 178 Å². The van der Waals surface area contributed by atoms with E-state index >= 15 is 0 Å². The van der Waals surface area contributed by atoms with E-state index in [0.717, 1.165) is 11.1 Å². The van der Waals surface area contributed by atoms with Crippen LogP contribution in [0.4, 0.5) is 0 Å². The highest BCUT2D eigenvalue weighted by Crippen LogP contribution is 2.07. The minimum Gasteiger partial charge on any atom is -0.289 e. The first-order valence-electron chi connectivity index (χ1n) is 9.92. The summed E-state index contributed by atoms with van der Waals surface area (Å²) in [5.74, 6) is 0.0319. The maximum absolute atomic E-state index is 11.7. The first-order valence-corrected chi connectivity index (χ1v) is 9.92. The molecule has 0 atom stereocenters. The predicted octanol–water partition coefficient (Wildman–Crippen LogP) is 7.44. The van der Waals surface area contributed by atoms with E-state index in [4.69, 9.17) is 0 Å². The highest BCUT2D eigenvalue weighted by Gasteiger charge is 1.98. The number of hydrogen-bond acceptors (Lipinski definition) is 1. The maximum Gasteiger partial charge on any atom is 0.185 e. The summed E-state index contributed by atoms with van der Waals surface area (Å²) in [4.78, 5) is 11.7. The molecule has 0 heterocycles. The van der Waals surface area contributed by atoms with Gasteiger partial charge >= 0.3 is 0 Å². The molecule has 0 N–H and O–H groups in total. The van der Waals surface area contributed by atoms with Crippen molar-refractivity contribution in [3.05, 3.63) is 150 Å². The Kier molecular flexibility index (Phi) is 8.15. The highest BCUT2D eigenvalue weighted by atomic mass is 16.1. The van der Waals surface area contributed by atoms with Crippen molar-refractivity contribution in [3.8, 4) is 0 Å². The van der Waals surface area contributed by atoms with E-state index in [1.807, 2.05) is 103 Å². The van der Waals surface area contributed by atoms with E-state index < -0.39 is 0 Å². The molecule has 0 amide bonds. The molecular weight excluding hydrogens is 364 g/mol. The Morgan fingerprint density at radius 3 is 1.17 bits per heavy atom. The smallest absolute Gasteiger partial charge is 0.185 e. The van der Waals surface area contributed by atoms with Crippen LogP contribution in [-0.4, -0.2) is 5.78 Å². The van der Waals surface area contributed by atoms with Gasteiger partial charge in [0.25, 0.3) is 0 Å². The van der Waals surface area contributed by atoms with Crippen LogP contribution >= 0.6 is 0 Å². The van der Waals surface area contributed by atoms with Crippen molar-refractivity contribution in [3.63, 3.8) is 0 Å². The summed E-state index contributed by atoms with van der Waals surface area (Å²) in [5.41, 5.74) is 4.22. The van der Waals surface area contributed by atoms with Gasteiger partial charge < -0.3 is 0 Å². The second-order valence-corrected chi connectivity index (χ2v) is 6.63. The second-order valence-electron chi connectivity index (χ2n) is 6.63. The SMILES string of the molecule is C(=Cc1ccccc1)c1ccccc1.O=C(C=Cc1ccccc1)c1ccccc1. The monoisotopic (exact) mass is 388 g/mol. The quantitative estimate of drug-likeness (QED) is 0.197. The molecule has 0 fully saturated rings. The van der Waals surface area contributed by atoms with E-state index in [0.29, 0.717) is 0 Å². The fourth-order valence-electron chi connectivity index (χ4n) is 2.76. The van der Waals surface area contributed by atoms with Crippen LogP contribution in [0.2, 0.25) is 0 Å². The Hall–Kier alpha value is -3.97. The van der Waals surface area contributed by atoms with Gasteiger partial charge in [-0.05, 0) is 22.8 Å². The van der Waals surface area contributed by atoms with Crippen molar-refractivity contribution in [1.29, 1.82) is 0 Å². The van der Waals surface area contributed by atoms with Gasteiger partial charge in [-0.25, -0.2) is 0 Å². The van der Waals surface area contributed by atoms with Gasteiger partial charge in [-0.15, -0.1) is 0 Å². The molecule has 1 heteroatoms. The van der Waals surface area contributed by atoms with Gasteiger partial charge in [0.1, 0.15) is 0 Å². The van der Waals surface area contributed by atoms with E-state index in [-0.39, 0.29) is 5.78 Å². The largest absolute Gasteiger partial charge is 0.289 e. The summed E-state index contributed by atoms with van der Waals surface area (Å²) < 4.78 is 0. The molecule has 4 aromatic carbocycles. The summed E-state index contributed by atoms with van der Waals surface area (Å²) in [6, 6.07) is 39.7. The lowest BCUT2D eigenvalue weighted by molar-refractivity contribution is 0.104. The van der Waals surface area contributed by atoms with Crippen molar-refractivity contribution < 1.29 is 4.79 Å². The van der Waals surface area contributed by atoms with Crippen molar-refractivity contribution in [1.82, 2.24) is 0 Å². The van der Waals surface area contributed by atoms with E-state index in [1.165, 1.54) is 11.1 Å². The summed E-state index contributed by atoms with van der Waals surface area (Å²) in [7, 11) is 0. The molecular formula is C29H24O. The zero-order chi connectivity index (χ0) is 20.9. The van der Waals surface area contributed by atoms with Crippen molar-refractivity contribution in [2.45, 2.75) is 0 Å². The zero-order valence-electron chi connectivity index (χ0n) is 16.8. The molecule has 0 unspecified atom stereocenters. The summed E-state index contributed by atoms with van der Waals surface area (Å²) >= 11 is 0. The van der Waals surface area contributed by atoms with Gasteiger partial charge in [0, 0.05) is 5.56 Å². The number of benzene rings is 4. The number of hydrogen-bond donors (Lipinski definition) is 0. The van der Waals surface area contributed by atoms with Gasteiger partial charge in [-0.2, -0.15) is 0 Å². The first-order chi connectivity index (χ1) is 14.8. The molecule has 0 saturated heterocycles. The Balaban J connectivity index is 0.000000172. The summed E-state index contributed by atoms with van der Waals surface area (Å²) in [6.07, 6.45) is 7.67. The van der Waals surface area contributed by atoms with Crippen LogP contribution in [0.25, 0.3) is 18.2 Å².